The van der Waals surface area contributed by atoms with Gasteiger partial charge in [0, 0.05) is 27.9 Å². The van der Waals surface area contributed by atoms with E-state index in [1.807, 2.05) is 0 Å². The smallest absolute Gasteiger partial charge is 0.0473 e. The lowest BCUT2D eigenvalue weighted by Crippen LogP contribution is -2.17. The molecule has 0 heterocycles. The van der Waals surface area contributed by atoms with E-state index >= 15 is 0 Å². The molecule has 0 atom stereocenters. The third-order valence-electron chi connectivity index (χ3n) is 14.2. The van der Waals surface area contributed by atoms with E-state index < -0.39 is 0 Å². The van der Waals surface area contributed by atoms with Gasteiger partial charge in [-0.15, -0.1) is 0 Å². The fourth-order valence-electron chi connectivity index (χ4n) is 10.1. The van der Waals surface area contributed by atoms with Crippen LogP contribution in [0.1, 0.15) is 135 Å². The van der Waals surface area contributed by atoms with Gasteiger partial charge in [0.1, 0.15) is 0 Å². The van der Waals surface area contributed by atoms with Gasteiger partial charge in [-0.3, -0.25) is 0 Å². The molecule has 1 nitrogen and oxygen atoms in total. The van der Waals surface area contributed by atoms with Gasteiger partial charge in [-0.25, -0.2) is 0 Å². The fourth-order valence-corrected chi connectivity index (χ4v) is 10.1. The summed E-state index contributed by atoms with van der Waals surface area (Å²) in [6.45, 7) is 32.5. The molecule has 0 fully saturated rings. The molecular formula is C61H65N. The van der Waals surface area contributed by atoms with Crippen LogP contribution in [0.4, 0.5) is 17.1 Å². The molecule has 2 aliphatic rings. The van der Waals surface area contributed by atoms with Gasteiger partial charge in [-0.05, 0) is 161 Å². The van der Waals surface area contributed by atoms with Gasteiger partial charge in [0.05, 0.1) is 0 Å². The Morgan fingerprint density at radius 1 is 0.323 bits per heavy atom. The first kappa shape index (κ1) is 41.7. The number of hydrogen-bond acceptors (Lipinski definition) is 1. The van der Waals surface area contributed by atoms with E-state index in [-0.39, 0.29) is 27.1 Å². The molecule has 0 aliphatic heterocycles. The normalized spacial score (nSPS) is 14.9. The largest absolute Gasteiger partial charge is 0.310 e. The first-order valence-corrected chi connectivity index (χ1v) is 22.7. The molecule has 2 aliphatic carbocycles. The van der Waals surface area contributed by atoms with Gasteiger partial charge < -0.3 is 4.90 Å². The van der Waals surface area contributed by atoms with Crippen molar-refractivity contribution in [2.45, 2.75) is 124 Å². The van der Waals surface area contributed by atoms with Crippen LogP contribution >= 0.6 is 0 Å². The average Bonchev–Trinajstić information content (AvgIpc) is 3.59. The highest BCUT2D eigenvalue weighted by molar-refractivity contribution is 5.90. The summed E-state index contributed by atoms with van der Waals surface area (Å²) < 4.78 is 0. The molecule has 0 unspecified atom stereocenters. The van der Waals surface area contributed by atoms with Crippen LogP contribution < -0.4 is 4.90 Å². The highest BCUT2D eigenvalue weighted by Crippen LogP contribution is 2.53. The molecule has 314 valence electrons. The SMILES string of the molecule is Cc1ccc(N(c2ccc(C(C)(C)C)cc2)c2cc(-c3ccc4c(c3)C(C)(C)c3cc(C(C)(C)C)ccc3-4)cc(-c3ccc4c(c3)C(C)(C)c3cc(C(C)(C)C)ccc3-4)c2)cc1. The van der Waals surface area contributed by atoms with E-state index in [4.69, 9.17) is 0 Å². The van der Waals surface area contributed by atoms with Crippen LogP contribution in [0.2, 0.25) is 0 Å². The van der Waals surface area contributed by atoms with Crippen molar-refractivity contribution in [3.63, 3.8) is 0 Å². The van der Waals surface area contributed by atoms with Crippen LogP contribution in [0.25, 0.3) is 44.5 Å². The van der Waals surface area contributed by atoms with Crippen LogP contribution in [-0.2, 0) is 27.1 Å². The minimum Gasteiger partial charge on any atom is -0.310 e. The van der Waals surface area contributed by atoms with Crippen molar-refractivity contribution in [3.8, 4) is 44.5 Å². The van der Waals surface area contributed by atoms with E-state index in [0.29, 0.717) is 0 Å². The van der Waals surface area contributed by atoms with Gasteiger partial charge in [-0.2, -0.15) is 0 Å². The van der Waals surface area contributed by atoms with Gasteiger partial charge in [0.15, 0.2) is 0 Å². The van der Waals surface area contributed by atoms with E-state index in [9.17, 15) is 0 Å². The Hall–Kier alpha value is -5.66. The van der Waals surface area contributed by atoms with Gasteiger partial charge >= 0.3 is 0 Å². The summed E-state index contributed by atoms with van der Waals surface area (Å²) in [5.41, 5.74) is 24.7. The molecule has 0 aromatic heterocycles. The number of hydrogen-bond donors (Lipinski definition) is 0. The standard InChI is InChI=1S/C61H65N/c1-38-15-23-46(24-16-38)62(47-25-19-43(20-26-47)57(2,3)4)48-32-41(39-17-27-49-51-29-21-44(58(5,6)7)36-55(51)60(11,12)53(49)34-39)31-42(33-48)40-18-28-50-52-30-22-45(59(8,9)10)37-56(52)61(13,14)54(50)35-40/h15-37H,1-14H3. The fraction of sp³-hybridized carbons (Fsp3) is 0.311. The highest BCUT2D eigenvalue weighted by atomic mass is 15.1. The zero-order valence-electron chi connectivity index (χ0n) is 39.7. The van der Waals surface area contributed by atoms with Crippen LogP contribution in [0, 0.1) is 6.92 Å². The Morgan fingerprint density at radius 3 is 1.05 bits per heavy atom. The molecule has 0 saturated heterocycles. The summed E-state index contributed by atoms with van der Waals surface area (Å²) >= 11 is 0. The average molecular weight is 812 g/mol. The predicted octanol–water partition coefficient (Wildman–Crippen LogP) is 17.3. The number of fused-ring (bicyclic) bond motifs is 6. The molecule has 9 rings (SSSR count). The lowest BCUT2D eigenvalue weighted by atomic mass is 9.78. The zero-order valence-corrected chi connectivity index (χ0v) is 39.7. The molecule has 7 aromatic rings. The second-order valence-corrected chi connectivity index (χ2v) is 22.5. The van der Waals surface area contributed by atoms with E-state index in [2.05, 4.69) is 241 Å². The minimum atomic E-state index is -0.126. The van der Waals surface area contributed by atoms with Crippen molar-refractivity contribution in [1.29, 1.82) is 0 Å². The molecule has 7 aromatic carbocycles. The Kier molecular flexibility index (Phi) is 9.53. The van der Waals surface area contributed by atoms with Crippen molar-refractivity contribution < 1.29 is 0 Å². The molecule has 1 heteroatoms. The highest BCUT2D eigenvalue weighted by Gasteiger charge is 2.38. The maximum atomic E-state index is 2.48. The molecule has 0 spiro atoms. The lowest BCUT2D eigenvalue weighted by Gasteiger charge is -2.28. The van der Waals surface area contributed by atoms with E-state index in [1.54, 1.807) is 0 Å². The summed E-state index contributed by atoms with van der Waals surface area (Å²) in [5.74, 6) is 0. The summed E-state index contributed by atoms with van der Waals surface area (Å²) in [6.07, 6.45) is 0. The maximum absolute atomic E-state index is 2.48. The lowest BCUT2D eigenvalue weighted by molar-refractivity contribution is 0.584. The van der Waals surface area contributed by atoms with Crippen molar-refractivity contribution >= 4 is 17.1 Å². The third-order valence-corrected chi connectivity index (χ3v) is 14.2. The summed E-state index contributed by atoms with van der Waals surface area (Å²) in [7, 11) is 0. The molecular weight excluding hydrogens is 747 g/mol. The summed E-state index contributed by atoms with van der Waals surface area (Å²) in [4.78, 5) is 2.45. The second kappa shape index (κ2) is 14.2. The van der Waals surface area contributed by atoms with Crippen LogP contribution in [0.3, 0.4) is 0 Å². The van der Waals surface area contributed by atoms with Crippen LogP contribution in [0.15, 0.2) is 140 Å². The van der Waals surface area contributed by atoms with Gasteiger partial charge in [0.2, 0.25) is 0 Å². The van der Waals surface area contributed by atoms with E-state index in [0.717, 1.165) is 17.1 Å². The molecule has 0 N–H and O–H groups in total. The zero-order chi connectivity index (χ0) is 44.3. The monoisotopic (exact) mass is 812 g/mol. The van der Waals surface area contributed by atoms with Crippen molar-refractivity contribution in [1.82, 2.24) is 0 Å². The topological polar surface area (TPSA) is 3.24 Å². The molecule has 0 saturated carbocycles. The molecule has 62 heavy (non-hydrogen) atoms. The predicted molar refractivity (Wildman–Crippen MR) is 268 cm³/mol. The summed E-state index contributed by atoms with van der Waals surface area (Å²) in [6, 6.07) is 54.2. The maximum Gasteiger partial charge on any atom is 0.0473 e. The Morgan fingerprint density at radius 2 is 0.661 bits per heavy atom. The number of nitrogens with zero attached hydrogens (tertiary/aromatic N) is 1. The molecule has 0 amide bonds. The van der Waals surface area contributed by atoms with Crippen LogP contribution in [0.5, 0.6) is 0 Å². The Bertz CT molecular complexity index is 2730. The van der Waals surface area contributed by atoms with Crippen LogP contribution in [-0.4, -0.2) is 0 Å². The van der Waals surface area contributed by atoms with Crippen molar-refractivity contribution in [3.05, 3.63) is 184 Å². The summed E-state index contributed by atoms with van der Waals surface area (Å²) in [5, 5.41) is 0. The van der Waals surface area contributed by atoms with E-state index in [1.165, 1.54) is 89.0 Å². The first-order chi connectivity index (χ1) is 29.0. The Labute approximate surface area is 372 Å². The number of aryl methyl sites for hydroxylation is 1. The number of anilines is 3. The third kappa shape index (κ3) is 7.03. The van der Waals surface area contributed by atoms with Crippen molar-refractivity contribution in [2.75, 3.05) is 4.90 Å². The molecule has 0 radical (unpaired) electrons. The van der Waals surface area contributed by atoms with Gasteiger partial charge in [0.25, 0.3) is 0 Å². The minimum absolute atomic E-state index is 0.0605. The Balaban J connectivity index is 1.24. The second-order valence-electron chi connectivity index (χ2n) is 22.5. The number of benzene rings is 7. The van der Waals surface area contributed by atoms with Crippen molar-refractivity contribution in [2.24, 2.45) is 0 Å². The quantitative estimate of drug-likeness (QED) is 0.167. The number of rotatable bonds is 5. The first-order valence-electron chi connectivity index (χ1n) is 22.7. The molecule has 0 bridgehead atoms. The van der Waals surface area contributed by atoms with Gasteiger partial charge in [-0.1, -0.05) is 181 Å².